The van der Waals surface area contributed by atoms with Crippen LogP contribution in [0.4, 0.5) is 0 Å². The molecule has 0 saturated heterocycles. The minimum absolute atomic E-state index is 0.174. The summed E-state index contributed by atoms with van der Waals surface area (Å²) in [5.74, 6) is 1.26. The lowest BCUT2D eigenvalue weighted by Gasteiger charge is -2.18. The summed E-state index contributed by atoms with van der Waals surface area (Å²) < 4.78 is 12.9. The monoisotopic (exact) mass is 539 g/mol. The van der Waals surface area contributed by atoms with Crippen molar-refractivity contribution in [3.63, 3.8) is 0 Å². The van der Waals surface area contributed by atoms with Crippen molar-refractivity contribution in [3.05, 3.63) is 79.8 Å². The summed E-state index contributed by atoms with van der Waals surface area (Å²) in [6.45, 7) is 10.8. The number of halogens is 1. The van der Waals surface area contributed by atoms with E-state index in [0.29, 0.717) is 50.4 Å². The van der Waals surface area contributed by atoms with Gasteiger partial charge in [0.05, 0.1) is 17.1 Å². The van der Waals surface area contributed by atoms with Crippen LogP contribution in [0, 0.1) is 27.7 Å². The van der Waals surface area contributed by atoms with E-state index in [1.807, 2.05) is 26.8 Å². The normalized spacial score (nSPS) is 11.7. The van der Waals surface area contributed by atoms with Gasteiger partial charge in [0.15, 0.2) is 11.7 Å². The molecule has 0 aliphatic carbocycles. The second-order valence-electron chi connectivity index (χ2n) is 8.89. The molecule has 1 N–H and O–H groups in total. The van der Waals surface area contributed by atoms with Gasteiger partial charge in [0.1, 0.15) is 34.4 Å². The van der Waals surface area contributed by atoms with Gasteiger partial charge >= 0.3 is 0 Å². The Balaban J connectivity index is 1.76. The van der Waals surface area contributed by atoms with Crippen molar-refractivity contribution in [2.24, 2.45) is 0 Å². The van der Waals surface area contributed by atoms with Gasteiger partial charge in [-0.25, -0.2) is 15.0 Å². The number of aromatic nitrogens is 5. The average molecular weight is 540 g/mol. The summed E-state index contributed by atoms with van der Waals surface area (Å²) in [4.78, 5) is 31.0. The van der Waals surface area contributed by atoms with Gasteiger partial charge in [-0.3, -0.25) is 14.3 Å². The minimum atomic E-state index is -1.20. The third-order valence-corrected chi connectivity index (χ3v) is 6.15. The molecule has 0 bridgehead atoms. The number of rotatable bonds is 6. The van der Waals surface area contributed by atoms with Gasteiger partial charge < -0.3 is 14.3 Å². The van der Waals surface area contributed by atoms with Crippen molar-refractivity contribution in [3.8, 4) is 22.8 Å². The van der Waals surface area contributed by atoms with Crippen LogP contribution in [0.3, 0.4) is 0 Å². The van der Waals surface area contributed by atoms with Crippen molar-refractivity contribution in [1.29, 1.82) is 0 Å². The number of nitrogens with zero attached hydrogens (tertiary/aromatic N) is 5. The lowest BCUT2D eigenvalue weighted by atomic mass is 10.1. The highest BCUT2D eigenvalue weighted by Crippen LogP contribution is 2.28. The molecule has 0 aliphatic heterocycles. The molecule has 0 saturated carbocycles. The minimum Gasteiger partial charge on any atom is -0.486 e. The van der Waals surface area contributed by atoms with E-state index >= 15 is 0 Å². The molecule has 0 unspecified atom stereocenters. The number of ether oxygens (including phenoxy) is 1. The number of pyridine rings is 2. The smallest absolute Gasteiger partial charge is 0.273 e. The number of hydrogen-bond donors (Lipinski definition) is 1. The van der Waals surface area contributed by atoms with Crippen molar-refractivity contribution in [1.82, 2.24) is 24.5 Å². The quantitative estimate of drug-likeness (QED) is 0.381. The van der Waals surface area contributed by atoms with Crippen LogP contribution < -0.4 is 10.3 Å². The largest absolute Gasteiger partial charge is 0.486 e. The van der Waals surface area contributed by atoms with E-state index in [-0.39, 0.29) is 12.2 Å². The van der Waals surface area contributed by atoms with E-state index in [2.05, 4.69) is 35.9 Å². The molecule has 9 nitrogen and oxygen atoms in total. The maximum atomic E-state index is 13.4. The van der Waals surface area contributed by atoms with Gasteiger partial charge in [-0.15, -0.1) is 0 Å². The van der Waals surface area contributed by atoms with Crippen LogP contribution in [-0.2, 0) is 12.2 Å². The average Bonchev–Trinajstić information content (AvgIpc) is 3.21. The third-order valence-electron chi connectivity index (χ3n) is 5.42. The second kappa shape index (κ2) is 9.35. The first-order valence-electron chi connectivity index (χ1n) is 11.0. The van der Waals surface area contributed by atoms with Crippen molar-refractivity contribution < 1.29 is 14.3 Å². The van der Waals surface area contributed by atoms with Crippen molar-refractivity contribution >= 4 is 15.9 Å². The molecule has 4 heterocycles. The van der Waals surface area contributed by atoms with Crippen LogP contribution in [0.1, 0.15) is 48.1 Å². The zero-order valence-electron chi connectivity index (χ0n) is 20.4. The summed E-state index contributed by atoms with van der Waals surface area (Å²) in [7, 11) is 0. The number of hydrogen-bond acceptors (Lipinski definition) is 8. The number of aryl methyl sites for hydroxylation is 4. The van der Waals surface area contributed by atoms with Crippen LogP contribution >= 0.6 is 15.9 Å². The third kappa shape index (κ3) is 5.03. The van der Waals surface area contributed by atoms with Gasteiger partial charge in [-0.2, -0.15) is 0 Å². The molecule has 35 heavy (non-hydrogen) atoms. The fraction of sp³-hybridized carbons (Fsp3) is 0.320. The van der Waals surface area contributed by atoms with Gasteiger partial charge in [-0.05, 0) is 67.7 Å². The molecule has 182 valence electrons. The first-order chi connectivity index (χ1) is 16.5. The van der Waals surface area contributed by atoms with E-state index in [9.17, 15) is 9.90 Å². The van der Waals surface area contributed by atoms with Crippen LogP contribution in [0.15, 0.2) is 44.5 Å². The SMILES string of the molecule is Cc1nc(COc2cc(C)n(-c3cc(-c4nc(C(C)(C)O)ncc4C)ncc3C)c(=O)c2Br)co1. The van der Waals surface area contributed by atoms with E-state index in [1.165, 1.54) is 6.26 Å². The molecule has 4 rings (SSSR count). The molecule has 10 heteroatoms. The molecule has 0 radical (unpaired) electrons. The lowest BCUT2D eigenvalue weighted by Crippen LogP contribution is -2.23. The van der Waals surface area contributed by atoms with Crippen LogP contribution in [-0.4, -0.2) is 29.6 Å². The number of aliphatic hydroxyl groups is 1. The Morgan fingerprint density at radius 2 is 1.80 bits per heavy atom. The number of oxazole rings is 1. The zero-order chi connectivity index (χ0) is 25.5. The first-order valence-corrected chi connectivity index (χ1v) is 11.7. The van der Waals surface area contributed by atoms with Crippen LogP contribution in [0.5, 0.6) is 5.75 Å². The molecule has 4 aromatic heterocycles. The Morgan fingerprint density at radius 1 is 1.09 bits per heavy atom. The standard InChI is InChI=1S/C25H26BrN5O4/c1-13-9-27-18(22-14(2)10-28-24(30-22)25(5,6)33)8-19(13)31-15(3)7-20(21(26)23(31)32)35-12-17-11-34-16(4)29-17/h7-11,33H,12H2,1-6H3. The topological polar surface area (TPSA) is 116 Å². The Hall–Kier alpha value is -3.37. The second-order valence-corrected chi connectivity index (χ2v) is 9.68. The first kappa shape index (κ1) is 24.7. The van der Waals surface area contributed by atoms with E-state index in [0.717, 1.165) is 11.1 Å². The maximum Gasteiger partial charge on any atom is 0.273 e. The molecule has 0 fully saturated rings. The fourth-order valence-electron chi connectivity index (χ4n) is 3.59. The molecular weight excluding hydrogens is 514 g/mol. The Bertz CT molecular complexity index is 1470. The summed E-state index contributed by atoms with van der Waals surface area (Å²) in [5, 5.41) is 10.4. The van der Waals surface area contributed by atoms with Crippen LogP contribution in [0.2, 0.25) is 0 Å². The van der Waals surface area contributed by atoms with Gasteiger partial charge in [0.2, 0.25) is 0 Å². The predicted octanol–water partition coefficient (Wildman–Crippen LogP) is 4.48. The van der Waals surface area contributed by atoms with Gasteiger partial charge in [-0.1, -0.05) is 0 Å². The molecular formula is C25H26BrN5O4. The zero-order valence-corrected chi connectivity index (χ0v) is 22.0. The van der Waals surface area contributed by atoms with Gasteiger partial charge in [0, 0.05) is 31.1 Å². The Labute approximate surface area is 211 Å². The molecule has 4 aromatic rings. The van der Waals surface area contributed by atoms with Crippen molar-refractivity contribution in [2.75, 3.05) is 0 Å². The maximum absolute atomic E-state index is 13.4. The highest BCUT2D eigenvalue weighted by atomic mass is 79.9. The van der Waals surface area contributed by atoms with E-state index in [1.54, 1.807) is 43.8 Å². The molecule has 0 amide bonds. The fourth-order valence-corrected chi connectivity index (χ4v) is 4.00. The Morgan fingerprint density at radius 3 is 2.46 bits per heavy atom. The molecule has 0 aliphatic rings. The Kier molecular flexibility index (Phi) is 6.61. The van der Waals surface area contributed by atoms with E-state index < -0.39 is 5.60 Å². The van der Waals surface area contributed by atoms with Gasteiger partial charge in [0.25, 0.3) is 5.56 Å². The summed E-state index contributed by atoms with van der Waals surface area (Å²) in [6.07, 6.45) is 4.89. The summed E-state index contributed by atoms with van der Waals surface area (Å²) in [6, 6.07) is 3.61. The highest BCUT2D eigenvalue weighted by molar-refractivity contribution is 9.10. The summed E-state index contributed by atoms with van der Waals surface area (Å²) >= 11 is 3.41. The molecule has 0 atom stereocenters. The summed E-state index contributed by atoms with van der Waals surface area (Å²) in [5.41, 5.74) is 3.29. The predicted molar refractivity (Wildman–Crippen MR) is 134 cm³/mol. The van der Waals surface area contributed by atoms with Crippen molar-refractivity contribution in [2.45, 2.75) is 53.8 Å². The molecule has 0 spiro atoms. The van der Waals surface area contributed by atoms with Crippen LogP contribution in [0.25, 0.3) is 17.1 Å². The lowest BCUT2D eigenvalue weighted by molar-refractivity contribution is 0.0688. The highest BCUT2D eigenvalue weighted by Gasteiger charge is 2.22. The van der Waals surface area contributed by atoms with E-state index in [4.69, 9.17) is 9.15 Å². The molecule has 0 aromatic carbocycles.